The van der Waals surface area contributed by atoms with Crippen molar-refractivity contribution in [2.75, 3.05) is 6.54 Å². The molecule has 0 aromatic carbocycles. The molecular weight excluding hydrogens is 162 g/mol. The lowest BCUT2D eigenvalue weighted by Crippen LogP contribution is -2.30. The van der Waals surface area contributed by atoms with E-state index in [4.69, 9.17) is 0 Å². The normalized spacial score (nSPS) is 10.1. The quantitative estimate of drug-likeness (QED) is 0.604. The van der Waals surface area contributed by atoms with E-state index in [1.165, 1.54) is 0 Å². The SMILES string of the molecule is C=CCNC(=O)C(CCC)CCC. The van der Waals surface area contributed by atoms with Crippen LogP contribution in [0.3, 0.4) is 0 Å². The minimum absolute atomic E-state index is 0.184. The molecule has 0 aromatic heterocycles. The zero-order chi connectivity index (χ0) is 10.1. The van der Waals surface area contributed by atoms with Crippen molar-refractivity contribution in [3.05, 3.63) is 12.7 Å². The van der Waals surface area contributed by atoms with Gasteiger partial charge in [0.15, 0.2) is 0 Å². The third kappa shape index (κ3) is 5.45. The zero-order valence-electron chi connectivity index (χ0n) is 8.81. The van der Waals surface area contributed by atoms with Crippen LogP contribution < -0.4 is 5.32 Å². The Morgan fingerprint density at radius 3 is 2.31 bits per heavy atom. The molecular formula is C11H21NO. The van der Waals surface area contributed by atoms with Gasteiger partial charge in [-0.15, -0.1) is 6.58 Å². The summed E-state index contributed by atoms with van der Waals surface area (Å²) in [6.07, 6.45) is 5.86. The molecule has 0 spiro atoms. The second-order valence-electron chi connectivity index (χ2n) is 3.31. The number of hydrogen-bond acceptors (Lipinski definition) is 1. The summed E-state index contributed by atoms with van der Waals surface area (Å²) < 4.78 is 0. The molecule has 0 heterocycles. The summed E-state index contributed by atoms with van der Waals surface area (Å²) in [7, 11) is 0. The van der Waals surface area contributed by atoms with Crippen molar-refractivity contribution >= 4 is 5.91 Å². The first kappa shape index (κ1) is 12.2. The third-order valence-corrected chi connectivity index (χ3v) is 2.07. The molecule has 1 amide bonds. The van der Waals surface area contributed by atoms with E-state index in [1.807, 2.05) is 0 Å². The van der Waals surface area contributed by atoms with Gasteiger partial charge in [-0.1, -0.05) is 32.8 Å². The number of nitrogens with one attached hydrogen (secondary N) is 1. The molecule has 0 fully saturated rings. The smallest absolute Gasteiger partial charge is 0.223 e. The van der Waals surface area contributed by atoms with E-state index in [0.29, 0.717) is 6.54 Å². The van der Waals surface area contributed by atoms with Crippen LogP contribution in [0.2, 0.25) is 0 Å². The van der Waals surface area contributed by atoms with Crippen molar-refractivity contribution in [1.82, 2.24) is 5.32 Å². The van der Waals surface area contributed by atoms with Crippen LogP contribution in [0.5, 0.6) is 0 Å². The van der Waals surface area contributed by atoms with Crippen LogP contribution in [0.25, 0.3) is 0 Å². The fourth-order valence-corrected chi connectivity index (χ4v) is 1.42. The maximum Gasteiger partial charge on any atom is 0.223 e. The summed E-state index contributed by atoms with van der Waals surface area (Å²) >= 11 is 0. The van der Waals surface area contributed by atoms with Gasteiger partial charge in [0.25, 0.3) is 0 Å². The molecule has 0 aromatic rings. The van der Waals surface area contributed by atoms with Crippen LogP contribution in [0, 0.1) is 5.92 Å². The molecule has 1 N–H and O–H groups in total. The lowest BCUT2D eigenvalue weighted by Gasteiger charge is -2.13. The van der Waals surface area contributed by atoms with Crippen molar-refractivity contribution in [3.8, 4) is 0 Å². The third-order valence-electron chi connectivity index (χ3n) is 2.07. The first-order chi connectivity index (χ1) is 6.26. The number of carbonyl (C=O) groups is 1. The topological polar surface area (TPSA) is 29.1 Å². The molecule has 13 heavy (non-hydrogen) atoms. The number of amides is 1. The Labute approximate surface area is 81.4 Å². The summed E-state index contributed by atoms with van der Waals surface area (Å²) in [5, 5.41) is 2.85. The van der Waals surface area contributed by atoms with E-state index in [2.05, 4.69) is 25.7 Å². The number of carbonyl (C=O) groups excluding carboxylic acids is 1. The first-order valence-corrected chi connectivity index (χ1v) is 5.14. The molecule has 0 bridgehead atoms. The number of rotatable bonds is 7. The number of hydrogen-bond donors (Lipinski definition) is 1. The van der Waals surface area contributed by atoms with Gasteiger partial charge in [-0.2, -0.15) is 0 Å². The highest BCUT2D eigenvalue weighted by Crippen LogP contribution is 2.13. The molecule has 0 saturated carbocycles. The van der Waals surface area contributed by atoms with E-state index >= 15 is 0 Å². The summed E-state index contributed by atoms with van der Waals surface area (Å²) in [4.78, 5) is 11.5. The molecule has 0 atom stereocenters. The maximum absolute atomic E-state index is 11.5. The minimum Gasteiger partial charge on any atom is -0.352 e. The lowest BCUT2D eigenvalue weighted by molar-refractivity contribution is -0.125. The second kappa shape index (κ2) is 7.84. The van der Waals surface area contributed by atoms with Gasteiger partial charge in [0, 0.05) is 12.5 Å². The van der Waals surface area contributed by atoms with Gasteiger partial charge in [-0.05, 0) is 12.8 Å². The van der Waals surface area contributed by atoms with E-state index in [1.54, 1.807) is 6.08 Å². The van der Waals surface area contributed by atoms with Crippen LogP contribution in [-0.2, 0) is 4.79 Å². The molecule has 0 aliphatic heterocycles. The maximum atomic E-state index is 11.5. The van der Waals surface area contributed by atoms with Crippen molar-refractivity contribution in [3.63, 3.8) is 0 Å². The summed E-state index contributed by atoms with van der Waals surface area (Å²) in [5.74, 6) is 0.388. The van der Waals surface area contributed by atoms with Crippen LogP contribution in [0.1, 0.15) is 39.5 Å². The van der Waals surface area contributed by atoms with E-state index < -0.39 is 0 Å². The van der Waals surface area contributed by atoms with E-state index in [9.17, 15) is 4.79 Å². The van der Waals surface area contributed by atoms with Gasteiger partial charge in [-0.25, -0.2) is 0 Å². The van der Waals surface area contributed by atoms with Gasteiger partial charge < -0.3 is 5.32 Å². The Hall–Kier alpha value is -0.790. The lowest BCUT2D eigenvalue weighted by atomic mass is 9.97. The van der Waals surface area contributed by atoms with Crippen molar-refractivity contribution in [2.45, 2.75) is 39.5 Å². The Morgan fingerprint density at radius 1 is 1.38 bits per heavy atom. The summed E-state index contributed by atoms with van der Waals surface area (Å²) in [6, 6.07) is 0. The molecule has 76 valence electrons. The molecule has 0 aliphatic carbocycles. The monoisotopic (exact) mass is 183 g/mol. The zero-order valence-corrected chi connectivity index (χ0v) is 8.81. The van der Waals surface area contributed by atoms with Crippen molar-refractivity contribution in [1.29, 1.82) is 0 Å². The highest BCUT2D eigenvalue weighted by atomic mass is 16.1. The molecule has 0 saturated heterocycles. The van der Waals surface area contributed by atoms with Gasteiger partial charge in [-0.3, -0.25) is 4.79 Å². The van der Waals surface area contributed by atoms with Crippen LogP contribution in [0.4, 0.5) is 0 Å². The standard InChI is InChI=1S/C11H21NO/c1-4-7-10(8-5-2)11(13)12-9-6-3/h6,10H,3-5,7-9H2,1-2H3,(H,12,13). The van der Waals surface area contributed by atoms with Gasteiger partial charge in [0.05, 0.1) is 0 Å². The largest absolute Gasteiger partial charge is 0.352 e. The van der Waals surface area contributed by atoms with Crippen LogP contribution in [0.15, 0.2) is 12.7 Å². The van der Waals surface area contributed by atoms with Gasteiger partial charge >= 0.3 is 0 Å². The molecule has 2 heteroatoms. The molecule has 0 radical (unpaired) electrons. The Balaban J connectivity index is 3.86. The van der Waals surface area contributed by atoms with E-state index in [-0.39, 0.29) is 11.8 Å². The first-order valence-electron chi connectivity index (χ1n) is 5.14. The Bertz CT molecular complexity index is 148. The van der Waals surface area contributed by atoms with Crippen LogP contribution >= 0.6 is 0 Å². The Kier molecular flexibility index (Phi) is 7.36. The summed E-state index contributed by atoms with van der Waals surface area (Å²) in [6.45, 7) is 8.38. The Morgan fingerprint density at radius 2 is 1.92 bits per heavy atom. The molecule has 0 rings (SSSR count). The highest BCUT2D eigenvalue weighted by Gasteiger charge is 2.14. The van der Waals surface area contributed by atoms with E-state index in [0.717, 1.165) is 25.7 Å². The second-order valence-corrected chi connectivity index (χ2v) is 3.31. The summed E-state index contributed by atoms with van der Waals surface area (Å²) in [5.41, 5.74) is 0. The predicted molar refractivity (Wildman–Crippen MR) is 56.5 cm³/mol. The predicted octanol–water partition coefficient (Wildman–Crippen LogP) is 2.51. The molecule has 0 unspecified atom stereocenters. The van der Waals surface area contributed by atoms with Gasteiger partial charge in [0.2, 0.25) is 5.91 Å². The average Bonchev–Trinajstić information content (AvgIpc) is 2.14. The van der Waals surface area contributed by atoms with Crippen molar-refractivity contribution < 1.29 is 4.79 Å². The molecule has 0 aliphatic rings. The van der Waals surface area contributed by atoms with Crippen molar-refractivity contribution in [2.24, 2.45) is 5.92 Å². The van der Waals surface area contributed by atoms with Crippen LogP contribution in [-0.4, -0.2) is 12.5 Å². The molecule has 2 nitrogen and oxygen atoms in total. The minimum atomic E-state index is 0.184. The fourth-order valence-electron chi connectivity index (χ4n) is 1.42. The van der Waals surface area contributed by atoms with Gasteiger partial charge in [0.1, 0.15) is 0 Å². The highest BCUT2D eigenvalue weighted by molar-refractivity contribution is 5.78. The fraction of sp³-hybridized carbons (Fsp3) is 0.727. The average molecular weight is 183 g/mol.